The molecule has 1 unspecified atom stereocenters. The van der Waals surface area contributed by atoms with Crippen molar-refractivity contribution in [2.45, 2.75) is 19.5 Å². The van der Waals surface area contributed by atoms with Crippen LogP contribution in [0.4, 0.5) is 4.39 Å². The molecule has 1 rings (SSSR count). The normalized spacial score (nSPS) is 12.4. The van der Waals surface area contributed by atoms with Gasteiger partial charge in [0, 0.05) is 6.54 Å². The Kier molecular flexibility index (Phi) is 3.62. The van der Waals surface area contributed by atoms with Gasteiger partial charge in [-0.05, 0) is 24.6 Å². The zero-order chi connectivity index (χ0) is 11.4. The van der Waals surface area contributed by atoms with E-state index >= 15 is 0 Å². The number of hydrogen-bond donors (Lipinski definition) is 3. The summed E-state index contributed by atoms with van der Waals surface area (Å²) in [5, 5.41) is 11.8. The summed E-state index contributed by atoms with van der Waals surface area (Å²) in [6.45, 7) is 1.94. The Hall–Kier alpha value is -1.62. The maximum absolute atomic E-state index is 12.9. The lowest BCUT2D eigenvalue weighted by molar-refractivity contribution is -0.119. The van der Waals surface area contributed by atoms with Gasteiger partial charge in [0.2, 0.25) is 5.91 Å². The molecule has 0 aromatic heterocycles. The number of halogens is 1. The Morgan fingerprint density at radius 1 is 1.67 bits per heavy atom. The molecule has 4 N–H and O–H groups in total. The van der Waals surface area contributed by atoms with E-state index < -0.39 is 17.8 Å². The van der Waals surface area contributed by atoms with Gasteiger partial charge in [-0.1, -0.05) is 6.07 Å². The first-order valence-corrected chi connectivity index (χ1v) is 4.51. The summed E-state index contributed by atoms with van der Waals surface area (Å²) in [6.07, 6.45) is 0. The number of phenols is 1. The van der Waals surface area contributed by atoms with E-state index in [0.29, 0.717) is 12.1 Å². The number of rotatable bonds is 4. The third kappa shape index (κ3) is 3.21. The quantitative estimate of drug-likeness (QED) is 0.680. The molecule has 0 aliphatic carbocycles. The summed E-state index contributed by atoms with van der Waals surface area (Å²) in [5.74, 6) is -1.53. The second kappa shape index (κ2) is 4.75. The first-order valence-electron chi connectivity index (χ1n) is 4.51. The molecule has 0 bridgehead atoms. The van der Waals surface area contributed by atoms with Crippen molar-refractivity contribution in [3.05, 3.63) is 29.6 Å². The van der Waals surface area contributed by atoms with Crippen LogP contribution in [0.2, 0.25) is 0 Å². The van der Waals surface area contributed by atoms with Crippen molar-refractivity contribution in [1.29, 1.82) is 0 Å². The number of aromatic hydroxyl groups is 1. The minimum absolute atomic E-state index is 0.321. The lowest BCUT2D eigenvalue weighted by atomic mass is 10.2. The molecule has 1 amide bonds. The Morgan fingerprint density at radius 3 is 2.87 bits per heavy atom. The number of hydrogen-bond acceptors (Lipinski definition) is 3. The van der Waals surface area contributed by atoms with Crippen molar-refractivity contribution in [2.24, 2.45) is 5.73 Å². The highest BCUT2D eigenvalue weighted by Crippen LogP contribution is 2.15. The summed E-state index contributed by atoms with van der Waals surface area (Å²) in [4.78, 5) is 10.7. The number of amides is 1. The summed E-state index contributed by atoms with van der Waals surface area (Å²) in [5.41, 5.74) is 5.68. The second-order valence-corrected chi connectivity index (χ2v) is 3.29. The van der Waals surface area contributed by atoms with Crippen LogP contribution in [-0.4, -0.2) is 17.1 Å². The minimum Gasteiger partial charge on any atom is -0.505 e. The number of carbonyl (C=O) groups excluding carboxylic acids is 1. The van der Waals surface area contributed by atoms with Crippen LogP contribution in [0, 0.1) is 5.82 Å². The lowest BCUT2D eigenvalue weighted by Gasteiger charge is -2.09. The van der Waals surface area contributed by atoms with Gasteiger partial charge in [0.15, 0.2) is 11.6 Å². The van der Waals surface area contributed by atoms with Crippen LogP contribution < -0.4 is 11.1 Å². The van der Waals surface area contributed by atoms with Crippen LogP contribution in [0.25, 0.3) is 0 Å². The molecule has 1 atom stereocenters. The molecule has 0 aliphatic heterocycles. The molecular formula is C10H13FN2O2. The number of primary amides is 1. The fourth-order valence-electron chi connectivity index (χ4n) is 1.03. The molecular weight excluding hydrogens is 199 g/mol. The van der Waals surface area contributed by atoms with Gasteiger partial charge in [-0.2, -0.15) is 0 Å². The molecule has 0 fully saturated rings. The van der Waals surface area contributed by atoms with Crippen molar-refractivity contribution in [1.82, 2.24) is 5.32 Å². The SMILES string of the molecule is CC(NCc1ccc(O)c(F)c1)C(N)=O. The third-order valence-electron chi connectivity index (χ3n) is 2.05. The average Bonchev–Trinajstić information content (AvgIpc) is 2.19. The molecule has 1 aromatic carbocycles. The lowest BCUT2D eigenvalue weighted by Crippen LogP contribution is -2.38. The van der Waals surface area contributed by atoms with E-state index in [1.54, 1.807) is 13.0 Å². The van der Waals surface area contributed by atoms with Gasteiger partial charge in [0.05, 0.1) is 6.04 Å². The molecule has 15 heavy (non-hydrogen) atoms. The van der Waals surface area contributed by atoms with E-state index in [2.05, 4.69) is 5.32 Å². The monoisotopic (exact) mass is 212 g/mol. The van der Waals surface area contributed by atoms with Gasteiger partial charge in [0.25, 0.3) is 0 Å². The average molecular weight is 212 g/mol. The third-order valence-corrected chi connectivity index (χ3v) is 2.05. The molecule has 5 heteroatoms. The fraction of sp³-hybridized carbons (Fsp3) is 0.300. The van der Waals surface area contributed by atoms with E-state index in [-0.39, 0.29) is 5.75 Å². The van der Waals surface area contributed by atoms with Crippen molar-refractivity contribution in [2.75, 3.05) is 0 Å². The fourth-order valence-corrected chi connectivity index (χ4v) is 1.03. The number of benzene rings is 1. The van der Waals surface area contributed by atoms with Gasteiger partial charge >= 0.3 is 0 Å². The molecule has 0 spiro atoms. The maximum Gasteiger partial charge on any atom is 0.234 e. The highest BCUT2D eigenvalue weighted by atomic mass is 19.1. The van der Waals surface area contributed by atoms with Crippen molar-refractivity contribution >= 4 is 5.91 Å². The number of nitrogens with two attached hydrogens (primary N) is 1. The van der Waals surface area contributed by atoms with E-state index in [1.807, 2.05) is 0 Å². The molecule has 0 aliphatic rings. The standard InChI is InChI=1S/C10H13FN2O2/c1-6(10(12)15)13-5-7-2-3-9(14)8(11)4-7/h2-4,6,13-14H,5H2,1H3,(H2,12,15). The zero-order valence-corrected chi connectivity index (χ0v) is 8.33. The number of carbonyl (C=O) groups is 1. The van der Waals surface area contributed by atoms with Crippen LogP contribution >= 0.6 is 0 Å². The predicted octanol–water partition coefficient (Wildman–Crippen LogP) is 0.495. The smallest absolute Gasteiger partial charge is 0.234 e. The Morgan fingerprint density at radius 2 is 2.33 bits per heavy atom. The van der Waals surface area contributed by atoms with Crippen LogP contribution in [0.1, 0.15) is 12.5 Å². The first-order chi connectivity index (χ1) is 7.00. The molecule has 0 saturated heterocycles. The first kappa shape index (κ1) is 11.5. The van der Waals surface area contributed by atoms with Crippen LogP contribution in [-0.2, 0) is 11.3 Å². The number of phenolic OH excluding ortho intramolecular Hbond substituents is 1. The van der Waals surface area contributed by atoms with E-state index in [0.717, 1.165) is 0 Å². The Balaban J connectivity index is 2.58. The molecule has 0 heterocycles. The summed E-state index contributed by atoms with van der Waals surface area (Å²) >= 11 is 0. The van der Waals surface area contributed by atoms with Gasteiger partial charge in [-0.3, -0.25) is 4.79 Å². The van der Waals surface area contributed by atoms with Crippen LogP contribution in [0.5, 0.6) is 5.75 Å². The summed E-state index contributed by atoms with van der Waals surface area (Å²) < 4.78 is 12.9. The molecule has 4 nitrogen and oxygen atoms in total. The summed E-state index contributed by atoms with van der Waals surface area (Å²) in [6, 6.07) is 3.57. The van der Waals surface area contributed by atoms with Crippen molar-refractivity contribution in [3.8, 4) is 5.75 Å². The molecule has 1 aromatic rings. The minimum atomic E-state index is -0.680. The van der Waals surface area contributed by atoms with Gasteiger partial charge in [0.1, 0.15) is 0 Å². The predicted molar refractivity (Wildman–Crippen MR) is 53.6 cm³/mol. The highest BCUT2D eigenvalue weighted by molar-refractivity contribution is 5.79. The van der Waals surface area contributed by atoms with Crippen LogP contribution in [0.15, 0.2) is 18.2 Å². The Bertz CT molecular complexity index is 368. The summed E-state index contributed by atoms with van der Waals surface area (Å²) in [7, 11) is 0. The molecule has 82 valence electrons. The topological polar surface area (TPSA) is 75.3 Å². The van der Waals surface area contributed by atoms with E-state index in [1.165, 1.54) is 12.1 Å². The number of nitrogens with one attached hydrogen (secondary N) is 1. The maximum atomic E-state index is 12.9. The van der Waals surface area contributed by atoms with Gasteiger partial charge < -0.3 is 16.2 Å². The zero-order valence-electron chi connectivity index (χ0n) is 8.33. The Labute approximate surface area is 86.9 Å². The second-order valence-electron chi connectivity index (χ2n) is 3.29. The highest BCUT2D eigenvalue weighted by Gasteiger charge is 2.08. The largest absolute Gasteiger partial charge is 0.505 e. The van der Waals surface area contributed by atoms with E-state index in [9.17, 15) is 9.18 Å². The van der Waals surface area contributed by atoms with Crippen LogP contribution in [0.3, 0.4) is 0 Å². The van der Waals surface area contributed by atoms with Gasteiger partial charge in [-0.15, -0.1) is 0 Å². The van der Waals surface area contributed by atoms with E-state index in [4.69, 9.17) is 10.8 Å². The van der Waals surface area contributed by atoms with Crippen molar-refractivity contribution in [3.63, 3.8) is 0 Å². The molecule has 0 saturated carbocycles. The van der Waals surface area contributed by atoms with Crippen molar-refractivity contribution < 1.29 is 14.3 Å². The molecule has 0 radical (unpaired) electrons. The van der Waals surface area contributed by atoms with Gasteiger partial charge in [-0.25, -0.2) is 4.39 Å².